The quantitative estimate of drug-likeness (QED) is 0.674. The normalized spacial score (nSPS) is 21.6. The topological polar surface area (TPSA) is 63.3 Å². The predicted octanol–water partition coefficient (Wildman–Crippen LogP) is 0.834. The molecule has 0 saturated heterocycles. The molecule has 0 spiro atoms. The Morgan fingerprint density at radius 2 is 2.08 bits per heavy atom. The van der Waals surface area contributed by atoms with Gasteiger partial charge in [-0.25, -0.2) is 8.78 Å². The summed E-state index contributed by atoms with van der Waals surface area (Å²) in [5.41, 5.74) is 4.86. The van der Waals surface area contributed by atoms with Gasteiger partial charge in [0, 0.05) is 5.92 Å². The van der Waals surface area contributed by atoms with Gasteiger partial charge in [-0.3, -0.25) is 4.79 Å². The van der Waals surface area contributed by atoms with Crippen LogP contribution in [0, 0.1) is 5.92 Å². The molecule has 1 atom stereocenters. The van der Waals surface area contributed by atoms with Crippen LogP contribution < -0.4 is 5.73 Å². The second kappa shape index (κ2) is 2.97. The largest absolute Gasteiger partial charge is 0.480 e. The molecule has 0 bridgehead atoms. The van der Waals surface area contributed by atoms with Crippen LogP contribution in [-0.4, -0.2) is 23.0 Å². The lowest BCUT2D eigenvalue weighted by molar-refractivity contribution is -0.159. The predicted molar refractivity (Wildman–Crippen MR) is 37.9 cm³/mol. The zero-order valence-electron chi connectivity index (χ0n) is 6.46. The maximum atomic E-state index is 13.0. The Hall–Kier alpha value is -0.710. The van der Waals surface area contributed by atoms with Crippen LogP contribution in [0.1, 0.15) is 19.3 Å². The summed E-state index contributed by atoms with van der Waals surface area (Å²) in [6, 6.07) is -2.05. The van der Waals surface area contributed by atoms with Gasteiger partial charge in [-0.05, 0) is 12.8 Å². The van der Waals surface area contributed by atoms with Crippen molar-refractivity contribution in [2.24, 2.45) is 11.7 Å². The highest BCUT2D eigenvalue weighted by Crippen LogP contribution is 2.41. The van der Waals surface area contributed by atoms with E-state index in [2.05, 4.69) is 0 Å². The van der Waals surface area contributed by atoms with Crippen LogP contribution in [0.5, 0.6) is 0 Å². The van der Waals surface area contributed by atoms with Crippen LogP contribution in [0.15, 0.2) is 0 Å². The molecule has 0 amide bonds. The highest BCUT2D eigenvalue weighted by atomic mass is 19.3. The zero-order valence-corrected chi connectivity index (χ0v) is 6.46. The summed E-state index contributed by atoms with van der Waals surface area (Å²) in [5.74, 6) is -5.71. The monoisotopic (exact) mass is 179 g/mol. The summed E-state index contributed by atoms with van der Waals surface area (Å²) in [4.78, 5) is 10.2. The van der Waals surface area contributed by atoms with E-state index in [0.29, 0.717) is 12.8 Å². The first-order valence-electron chi connectivity index (χ1n) is 3.82. The van der Waals surface area contributed by atoms with E-state index >= 15 is 0 Å². The van der Waals surface area contributed by atoms with Crippen molar-refractivity contribution in [3.63, 3.8) is 0 Å². The molecule has 0 aromatic carbocycles. The Labute approximate surface area is 68.5 Å². The van der Waals surface area contributed by atoms with E-state index < -0.39 is 23.9 Å². The van der Waals surface area contributed by atoms with Gasteiger partial charge in [0.15, 0.2) is 6.04 Å². The van der Waals surface area contributed by atoms with E-state index in [0.717, 1.165) is 6.42 Å². The molecule has 0 radical (unpaired) electrons. The van der Waals surface area contributed by atoms with Gasteiger partial charge >= 0.3 is 5.97 Å². The van der Waals surface area contributed by atoms with Crippen LogP contribution in [0.4, 0.5) is 8.78 Å². The van der Waals surface area contributed by atoms with Crippen LogP contribution in [0.25, 0.3) is 0 Å². The number of carboxylic acid groups (broad SMARTS) is 1. The number of halogens is 2. The van der Waals surface area contributed by atoms with Gasteiger partial charge < -0.3 is 10.8 Å². The van der Waals surface area contributed by atoms with Crippen LogP contribution in [0.2, 0.25) is 0 Å². The molecule has 12 heavy (non-hydrogen) atoms. The maximum absolute atomic E-state index is 13.0. The minimum atomic E-state index is -3.25. The number of alkyl halides is 2. The van der Waals surface area contributed by atoms with Crippen molar-refractivity contribution in [1.29, 1.82) is 0 Å². The van der Waals surface area contributed by atoms with Crippen molar-refractivity contribution in [1.82, 2.24) is 0 Å². The lowest BCUT2D eigenvalue weighted by Gasteiger charge is -2.35. The molecule has 0 heterocycles. The fourth-order valence-electron chi connectivity index (χ4n) is 1.21. The average Bonchev–Trinajstić information content (AvgIpc) is 1.80. The second-order valence-corrected chi connectivity index (χ2v) is 3.12. The number of rotatable bonds is 3. The Morgan fingerprint density at radius 3 is 2.33 bits per heavy atom. The number of carboxylic acids is 1. The number of carbonyl (C=O) groups is 1. The van der Waals surface area contributed by atoms with Crippen molar-refractivity contribution in [2.75, 3.05) is 0 Å². The van der Waals surface area contributed by atoms with E-state index in [-0.39, 0.29) is 0 Å². The van der Waals surface area contributed by atoms with Crippen LogP contribution >= 0.6 is 0 Å². The molecule has 1 aliphatic carbocycles. The third-order valence-electron chi connectivity index (χ3n) is 2.33. The molecule has 1 rings (SSSR count). The molecule has 1 aliphatic rings. The molecule has 1 saturated carbocycles. The van der Waals surface area contributed by atoms with Crippen LogP contribution in [-0.2, 0) is 4.79 Å². The van der Waals surface area contributed by atoms with Crippen molar-refractivity contribution < 1.29 is 18.7 Å². The molecule has 0 aliphatic heterocycles. The van der Waals surface area contributed by atoms with E-state index in [9.17, 15) is 13.6 Å². The first-order chi connectivity index (χ1) is 5.46. The fourth-order valence-corrected chi connectivity index (χ4v) is 1.21. The fraction of sp³-hybridized carbons (Fsp3) is 0.857. The lowest BCUT2D eigenvalue weighted by Crippen LogP contribution is -2.53. The molecule has 3 nitrogen and oxygen atoms in total. The SMILES string of the molecule is NC(C(=O)O)C(F)(F)C1CCC1. The van der Waals surface area contributed by atoms with Gasteiger partial charge in [-0.2, -0.15) is 0 Å². The number of hydrogen-bond donors (Lipinski definition) is 2. The van der Waals surface area contributed by atoms with Gasteiger partial charge in [-0.15, -0.1) is 0 Å². The molecule has 5 heteroatoms. The molecular weight excluding hydrogens is 168 g/mol. The van der Waals surface area contributed by atoms with E-state index in [1.807, 2.05) is 0 Å². The summed E-state index contributed by atoms with van der Waals surface area (Å²) in [7, 11) is 0. The molecule has 3 N–H and O–H groups in total. The van der Waals surface area contributed by atoms with Crippen molar-refractivity contribution in [3.8, 4) is 0 Å². The zero-order chi connectivity index (χ0) is 9.35. The highest BCUT2D eigenvalue weighted by molar-refractivity contribution is 5.74. The third-order valence-corrected chi connectivity index (χ3v) is 2.33. The summed E-state index contributed by atoms with van der Waals surface area (Å²) in [5, 5.41) is 8.28. The molecule has 70 valence electrons. The average molecular weight is 179 g/mol. The van der Waals surface area contributed by atoms with Crippen molar-refractivity contribution in [3.05, 3.63) is 0 Å². The highest BCUT2D eigenvalue weighted by Gasteiger charge is 2.50. The van der Waals surface area contributed by atoms with Gasteiger partial charge in [0.2, 0.25) is 0 Å². The maximum Gasteiger partial charge on any atom is 0.326 e. The summed E-state index contributed by atoms with van der Waals surface area (Å²) in [6.07, 6.45) is 1.51. The number of nitrogens with two attached hydrogens (primary N) is 1. The number of hydrogen-bond acceptors (Lipinski definition) is 2. The Morgan fingerprint density at radius 1 is 1.58 bits per heavy atom. The van der Waals surface area contributed by atoms with Gasteiger partial charge in [0.05, 0.1) is 0 Å². The van der Waals surface area contributed by atoms with E-state index in [4.69, 9.17) is 10.8 Å². The first-order valence-corrected chi connectivity index (χ1v) is 3.82. The van der Waals surface area contributed by atoms with Crippen molar-refractivity contribution >= 4 is 5.97 Å². The summed E-state index contributed by atoms with van der Waals surface area (Å²) in [6.45, 7) is 0. The number of aliphatic carboxylic acids is 1. The second-order valence-electron chi connectivity index (χ2n) is 3.12. The van der Waals surface area contributed by atoms with Gasteiger partial charge in [-0.1, -0.05) is 6.42 Å². The molecule has 0 aromatic heterocycles. The van der Waals surface area contributed by atoms with E-state index in [1.54, 1.807) is 0 Å². The summed E-state index contributed by atoms with van der Waals surface area (Å²) < 4.78 is 26.0. The first kappa shape index (κ1) is 9.38. The Bertz CT molecular complexity index is 192. The summed E-state index contributed by atoms with van der Waals surface area (Å²) >= 11 is 0. The third kappa shape index (κ3) is 1.41. The minimum absolute atomic E-state index is 0.383. The minimum Gasteiger partial charge on any atom is -0.480 e. The standard InChI is InChI=1S/C7H11F2NO2/c8-7(9,4-2-1-3-4)5(10)6(11)12/h4-5H,1-3,10H2,(H,11,12). The molecule has 1 unspecified atom stereocenters. The van der Waals surface area contributed by atoms with Gasteiger partial charge in [0.1, 0.15) is 0 Å². The molecule has 1 fully saturated rings. The Balaban J connectivity index is 2.62. The van der Waals surface area contributed by atoms with E-state index in [1.165, 1.54) is 0 Å². The van der Waals surface area contributed by atoms with Crippen molar-refractivity contribution in [2.45, 2.75) is 31.2 Å². The molecule has 0 aromatic rings. The van der Waals surface area contributed by atoms with Crippen LogP contribution in [0.3, 0.4) is 0 Å². The smallest absolute Gasteiger partial charge is 0.326 e. The molecular formula is C7H11F2NO2. The Kier molecular flexibility index (Phi) is 2.32. The van der Waals surface area contributed by atoms with Gasteiger partial charge in [0.25, 0.3) is 5.92 Å². The lowest BCUT2D eigenvalue weighted by atomic mass is 9.78.